The van der Waals surface area contributed by atoms with E-state index in [9.17, 15) is 0 Å². The third kappa shape index (κ3) is 14.5. The maximum absolute atomic E-state index is 3.80. The molecule has 0 radical (unpaired) electrons. The molecule has 0 aliphatic heterocycles. The van der Waals surface area contributed by atoms with Gasteiger partial charge in [0, 0.05) is 4.32 Å². The molecule has 1 unspecified atom stereocenters. The van der Waals surface area contributed by atoms with Crippen LogP contribution in [0.4, 0.5) is 0 Å². The van der Waals surface area contributed by atoms with Gasteiger partial charge in [0.2, 0.25) is 0 Å². The molecule has 1 nitrogen and oxygen atoms in total. The van der Waals surface area contributed by atoms with Gasteiger partial charge in [0.25, 0.3) is 0 Å². The van der Waals surface area contributed by atoms with Crippen LogP contribution in [-0.2, 0) is 0 Å². The van der Waals surface area contributed by atoms with Gasteiger partial charge in [-0.1, -0.05) is 94.0 Å². The predicted octanol–water partition coefficient (Wildman–Crippen LogP) is 7.02. The average Bonchev–Trinajstić information content (AvgIpc) is 2.31. The Labute approximate surface area is 124 Å². The van der Waals surface area contributed by atoms with Gasteiger partial charge in [-0.05, 0) is 19.8 Å². The van der Waals surface area contributed by atoms with Crippen molar-refractivity contribution >= 4 is 15.9 Å². The molecule has 112 valence electrons. The molecular weight excluding hydrogens is 286 g/mol. The SMILES string of the molecule is CCCCCCCCCCCCC(C)(Br)CC.N. The van der Waals surface area contributed by atoms with Crippen LogP contribution in [0.25, 0.3) is 0 Å². The minimum atomic E-state index is 0. The summed E-state index contributed by atoms with van der Waals surface area (Å²) >= 11 is 3.80. The predicted molar refractivity (Wildman–Crippen MR) is 89.1 cm³/mol. The van der Waals surface area contributed by atoms with Gasteiger partial charge in [0.05, 0.1) is 0 Å². The molecule has 0 saturated heterocycles. The Balaban J connectivity index is 0. The lowest BCUT2D eigenvalue weighted by atomic mass is 9.99. The van der Waals surface area contributed by atoms with E-state index in [1.54, 1.807) is 0 Å². The molecule has 0 aromatic carbocycles. The zero-order valence-corrected chi connectivity index (χ0v) is 14.7. The molecule has 0 fully saturated rings. The molecule has 0 aromatic rings. The lowest BCUT2D eigenvalue weighted by molar-refractivity contribution is 0.507. The first-order valence-corrected chi connectivity index (χ1v) is 8.60. The third-order valence-electron chi connectivity index (χ3n) is 3.79. The lowest BCUT2D eigenvalue weighted by Gasteiger charge is -2.19. The van der Waals surface area contributed by atoms with Crippen LogP contribution >= 0.6 is 15.9 Å². The summed E-state index contributed by atoms with van der Waals surface area (Å²) in [5.41, 5.74) is 0. The van der Waals surface area contributed by atoms with Crippen LogP contribution in [0.1, 0.15) is 97.8 Å². The van der Waals surface area contributed by atoms with Crippen LogP contribution in [0.5, 0.6) is 0 Å². The molecule has 0 spiro atoms. The van der Waals surface area contributed by atoms with E-state index in [1.165, 1.54) is 77.0 Å². The van der Waals surface area contributed by atoms with Crippen molar-refractivity contribution in [2.45, 2.75) is 102 Å². The molecule has 0 heterocycles. The quantitative estimate of drug-likeness (QED) is 0.304. The monoisotopic (exact) mass is 321 g/mol. The van der Waals surface area contributed by atoms with Crippen molar-refractivity contribution in [2.75, 3.05) is 0 Å². The summed E-state index contributed by atoms with van der Waals surface area (Å²) in [5, 5.41) is 0. The largest absolute Gasteiger partial charge is 0.344 e. The topological polar surface area (TPSA) is 35.0 Å². The summed E-state index contributed by atoms with van der Waals surface area (Å²) in [6.07, 6.45) is 16.9. The van der Waals surface area contributed by atoms with E-state index in [0.29, 0.717) is 4.32 Å². The Kier molecular flexibility index (Phi) is 16.0. The maximum Gasteiger partial charge on any atom is 0.0227 e. The van der Waals surface area contributed by atoms with Crippen molar-refractivity contribution in [3.05, 3.63) is 0 Å². The van der Waals surface area contributed by atoms with Gasteiger partial charge in [-0.3, -0.25) is 0 Å². The molecule has 18 heavy (non-hydrogen) atoms. The first-order chi connectivity index (χ1) is 8.12. The first kappa shape index (κ1) is 20.8. The number of hydrogen-bond acceptors (Lipinski definition) is 1. The Hall–Kier alpha value is 0.440. The van der Waals surface area contributed by atoms with E-state index in [1.807, 2.05) is 0 Å². The van der Waals surface area contributed by atoms with E-state index < -0.39 is 0 Å². The molecule has 2 heteroatoms. The summed E-state index contributed by atoms with van der Waals surface area (Å²) < 4.78 is 0.396. The average molecular weight is 322 g/mol. The van der Waals surface area contributed by atoms with Crippen molar-refractivity contribution in [2.24, 2.45) is 0 Å². The summed E-state index contributed by atoms with van der Waals surface area (Å²) in [7, 11) is 0. The van der Waals surface area contributed by atoms with Crippen LogP contribution in [-0.4, -0.2) is 4.32 Å². The van der Waals surface area contributed by atoms with E-state index in [4.69, 9.17) is 0 Å². The fourth-order valence-corrected chi connectivity index (χ4v) is 2.44. The highest BCUT2D eigenvalue weighted by Crippen LogP contribution is 2.28. The molecule has 1 atom stereocenters. The van der Waals surface area contributed by atoms with Gasteiger partial charge in [-0.25, -0.2) is 0 Å². The van der Waals surface area contributed by atoms with E-state index in [2.05, 4.69) is 36.7 Å². The molecule has 0 saturated carbocycles. The minimum absolute atomic E-state index is 0. The maximum atomic E-state index is 3.80. The van der Waals surface area contributed by atoms with Crippen LogP contribution in [0.15, 0.2) is 0 Å². The Morgan fingerprint density at radius 3 is 1.50 bits per heavy atom. The van der Waals surface area contributed by atoms with Crippen LogP contribution in [0.2, 0.25) is 0 Å². The molecule has 0 amide bonds. The van der Waals surface area contributed by atoms with Gasteiger partial charge >= 0.3 is 0 Å². The highest BCUT2D eigenvalue weighted by Gasteiger charge is 2.15. The summed E-state index contributed by atoms with van der Waals surface area (Å²) in [5.74, 6) is 0. The zero-order valence-electron chi connectivity index (χ0n) is 13.1. The lowest BCUT2D eigenvalue weighted by Crippen LogP contribution is -2.13. The fraction of sp³-hybridized carbons (Fsp3) is 1.00. The first-order valence-electron chi connectivity index (χ1n) is 7.81. The Bertz CT molecular complexity index is 157. The minimum Gasteiger partial charge on any atom is -0.344 e. The van der Waals surface area contributed by atoms with Gasteiger partial charge in [-0.15, -0.1) is 0 Å². The summed E-state index contributed by atoms with van der Waals surface area (Å²) in [6, 6.07) is 0. The molecule has 0 rings (SSSR count). The standard InChI is InChI=1S/C16H33Br.H3N/c1-4-6-7-8-9-10-11-12-13-14-15-16(3,17)5-2;/h4-15H2,1-3H3;1H3. The molecule has 0 aromatic heterocycles. The second-order valence-electron chi connectivity index (χ2n) is 5.70. The Morgan fingerprint density at radius 1 is 0.722 bits per heavy atom. The summed E-state index contributed by atoms with van der Waals surface area (Å²) in [6.45, 7) is 6.87. The molecule has 3 N–H and O–H groups in total. The molecule has 0 bridgehead atoms. The van der Waals surface area contributed by atoms with E-state index in [-0.39, 0.29) is 6.15 Å². The van der Waals surface area contributed by atoms with Crippen molar-refractivity contribution < 1.29 is 0 Å². The number of rotatable bonds is 12. The van der Waals surface area contributed by atoms with Crippen LogP contribution in [0.3, 0.4) is 0 Å². The summed E-state index contributed by atoms with van der Waals surface area (Å²) in [4.78, 5) is 0. The normalized spacial score (nSPS) is 14.0. The highest BCUT2D eigenvalue weighted by atomic mass is 79.9. The van der Waals surface area contributed by atoms with E-state index >= 15 is 0 Å². The number of hydrogen-bond donors (Lipinski definition) is 1. The molecule has 0 aliphatic carbocycles. The smallest absolute Gasteiger partial charge is 0.0227 e. The van der Waals surface area contributed by atoms with Gasteiger partial charge in [0.15, 0.2) is 0 Å². The number of alkyl halides is 1. The van der Waals surface area contributed by atoms with Crippen LogP contribution in [0, 0.1) is 0 Å². The van der Waals surface area contributed by atoms with Crippen molar-refractivity contribution in [3.63, 3.8) is 0 Å². The number of halogens is 1. The second-order valence-corrected chi connectivity index (χ2v) is 7.61. The van der Waals surface area contributed by atoms with Crippen molar-refractivity contribution in [1.29, 1.82) is 0 Å². The van der Waals surface area contributed by atoms with Gasteiger partial charge in [-0.2, -0.15) is 0 Å². The van der Waals surface area contributed by atoms with Gasteiger partial charge < -0.3 is 6.15 Å². The third-order valence-corrected chi connectivity index (χ3v) is 4.75. The Morgan fingerprint density at radius 2 is 1.11 bits per heavy atom. The molecular formula is C16H36BrN. The zero-order chi connectivity index (χ0) is 13.0. The second kappa shape index (κ2) is 13.9. The molecule has 0 aliphatic rings. The van der Waals surface area contributed by atoms with Crippen LogP contribution < -0.4 is 6.15 Å². The van der Waals surface area contributed by atoms with Crippen molar-refractivity contribution in [3.8, 4) is 0 Å². The fourth-order valence-electron chi connectivity index (χ4n) is 2.16. The van der Waals surface area contributed by atoms with Gasteiger partial charge in [0.1, 0.15) is 0 Å². The van der Waals surface area contributed by atoms with E-state index in [0.717, 1.165) is 0 Å². The van der Waals surface area contributed by atoms with Crippen molar-refractivity contribution in [1.82, 2.24) is 6.15 Å². The number of unbranched alkanes of at least 4 members (excludes halogenated alkanes) is 9. The highest BCUT2D eigenvalue weighted by molar-refractivity contribution is 9.10.